The van der Waals surface area contributed by atoms with E-state index in [4.69, 9.17) is 0 Å². The predicted molar refractivity (Wildman–Crippen MR) is 112 cm³/mol. The molecule has 0 amide bonds. The van der Waals surface area contributed by atoms with Crippen molar-refractivity contribution in [2.75, 3.05) is 5.75 Å². The predicted octanol–water partition coefficient (Wildman–Crippen LogP) is 5.75. The zero-order chi connectivity index (χ0) is 20.1. The SMILES string of the molecule is CC(C)(C)CS(=O)(=O)Cc1ccc(CC(C)(C)N=Nc2ccccc2)cc1. The number of nitrogens with zero attached hydrogens (tertiary/aromatic N) is 2. The average Bonchev–Trinajstić information content (AvgIpc) is 2.53. The molecule has 146 valence electrons. The number of hydrogen-bond donors (Lipinski definition) is 0. The molecule has 5 heteroatoms. The summed E-state index contributed by atoms with van der Waals surface area (Å²) in [6, 6.07) is 17.5. The average molecular weight is 387 g/mol. The molecule has 2 rings (SSSR count). The third-order valence-corrected chi connectivity index (χ3v) is 5.97. The highest BCUT2D eigenvalue weighted by Crippen LogP contribution is 2.22. The van der Waals surface area contributed by atoms with Crippen molar-refractivity contribution in [2.45, 2.75) is 52.3 Å². The number of benzene rings is 2. The smallest absolute Gasteiger partial charge is 0.154 e. The summed E-state index contributed by atoms with van der Waals surface area (Å²) in [6.45, 7) is 9.92. The van der Waals surface area contributed by atoms with Gasteiger partial charge in [-0.25, -0.2) is 8.42 Å². The highest BCUT2D eigenvalue weighted by molar-refractivity contribution is 7.90. The van der Waals surface area contributed by atoms with Crippen LogP contribution in [0.25, 0.3) is 0 Å². The first-order valence-electron chi connectivity index (χ1n) is 9.20. The highest BCUT2D eigenvalue weighted by atomic mass is 32.2. The third-order valence-electron chi connectivity index (χ3n) is 3.89. The molecule has 0 unspecified atom stereocenters. The molecule has 0 saturated heterocycles. The fourth-order valence-corrected chi connectivity index (χ4v) is 5.06. The second-order valence-electron chi connectivity index (χ2n) is 8.93. The minimum atomic E-state index is -3.11. The highest BCUT2D eigenvalue weighted by Gasteiger charge is 2.22. The van der Waals surface area contributed by atoms with Gasteiger partial charge in [0.25, 0.3) is 0 Å². The molecular formula is C22H30N2O2S. The molecule has 27 heavy (non-hydrogen) atoms. The van der Waals surface area contributed by atoms with E-state index < -0.39 is 9.84 Å². The van der Waals surface area contributed by atoms with Gasteiger partial charge in [-0.05, 0) is 48.9 Å². The van der Waals surface area contributed by atoms with Gasteiger partial charge in [0.2, 0.25) is 0 Å². The van der Waals surface area contributed by atoms with Gasteiger partial charge in [0.05, 0.1) is 22.7 Å². The first-order chi connectivity index (χ1) is 12.4. The molecule has 0 aliphatic rings. The lowest BCUT2D eigenvalue weighted by Crippen LogP contribution is -2.22. The molecule has 0 atom stereocenters. The van der Waals surface area contributed by atoms with E-state index in [0.29, 0.717) is 0 Å². The molecule has 0 bridgehead atoms. The van der Waals surface area contributed by atoms with Crippen LogP contribution in [0, 0.1) is 5.41 Å². The Morgan fingerprint density at radius 2 is 1.37 bits per heavy atom. The molecule has 0 aliphatic heterocycles. The van der Waals surface area contributed by atoms with Gasteiger partial charge in [-0.1, -0.05) is 63.2 Å². The number of sulfone groups is 1. The summed E-state index contributed by atoms with van der Waals surface area (Å²) in [7, 11) is -3.11. The van der Waals surface area contributed by atoms with Crippen molar-refractivity contribution in [2.24, 2.45) is 15.6 Å². The van der Waals surface area contributed by atoms with Crippen molar-refractivity contribution >= 4 is 15.5 Å². The lowest BCUT2D eigenvalue weighted by Gasteiger charge is -2.19. The van der Waals surface area contributed by atoms with E-state index in [1.807, 2.05) is 89.2 Å². The third kappa shape index (κ3) is 8.04. The van der Waals surface area contributed by atoms with Crippen LogP contribution >= 0.6 is 0 Å². The minimum absolute atomic E-state index is 0.0850. The number of rotatable bonds is 7. The Balaban J connectivity index is 2.01. The van der Waals surface area contributed by atoms with E-state index in [1.165, 1.54) is 0 Å². The van der Waals surface area contributed by atoms with Crippen LogP contribution in [0.3, 0.4) is 0 Å². The summed E-state index contributed by atoms with van der Waals surface area (Å²) in [4.78, 5) is 0. The zero-order valence-corrected chi connectivity index (χ0v) is 17.8. The lowest BCUT2D eigenvalue weighted by atomic mass is 9.95. The second kappa shape index (κ2) is 8.34. The fourth-order valence-electron chi connectivity index (χ4n) is 2.94. The fraction of sp³-hybridized carbons (Fsp3) is 0.455. The van der Waals surface area contributed by atoms with Crippen molar-refractivity contribution in [3.63, 3.8) is 0 Å². The monoisotopic (exact) mass is 386 g/mol. The van der Waals surface area contributed by atoms with Crippen LogP contribution in [0.4, 0.5) is 5.69 Å². The Labute approximate surface area is 163 Å². The molecule has 0 heterocycles. The Hall–Kier alpha value is -2.01. The molecule has 0 radical (unpaired) electrons. The number of hydrogen-bond acceptors (Lipinski definition) is 4. The van der Waals surface area contributed by atoms with Gasteiger partial charge in [-0.15, -0.1) is 0 Å². The Bertz CT molecular complexity index is 863. The van der Waals surface area contributed by atoms with E-state index in [-0.39, 0.29) is 22.5 Å². The molecule has 0 aliphatic carbocycles. The molecule has 0 N–H and O–H groups in total. The van der Waals surface area contributed by atoms with Crippen molar-refractivity contribution in [3.8, 4) is 0 Å². The van der Waals surface area contributed by atoms with Gasteiger partial charge in [-0.3, -0.25) is 0 Å². The van der Waals surface area contributed by atoms with Crippen LogP contribution in [0.5, 0.6) is 0 Å². The van der Waals surface area contributed by atoms with Crippen LogP contribution in [0.15, 0.2) is 64.8 Å². The first kappa shape index (κ1) is 21.3. The quantitative estimate of drug-likeness (QED) is 0.569. The number of azo groups is 1. The van der Waals surface area contributed by atoms with E-state index in [1.54, 1.807) is 0 Å². The van der Waals surface area contributed by atoms with Crippen LogP contribution in [-0.4, -0.2) is 19.7 Å². The first-order valence-corrected chi connectivity index (χ1v) is 11.0. The Kier molecular flexibility index (Phi) is 6.58. The summed E-state index contributed by atoms with van der Waals surface area (Å²) in [5, 5.41) is 8.79. The van der Waals surface area contributed by atoms with Crippen LogP contribution in [0.2, 0.25) is 0 Å². The second-order valence-corrected chi connectivity index (χ2v) is 11.0. The van der Waals surface area contributed by atoms with Gasteiger partial charge in [0, 0.05) is 0 Å². The Morgan fingerprint density at radius 3 is 1.93 bits per heavy atom. The van der Waals surface area contributed by atoms with Crippen LogP contribution < -0.4 is 0 Å². The van der Waals surface area contributed by atoms with Crippen molar-refractivity contribution in [3.05, 3.63) is 65.7 Å². The maximum absolute atomic E-state index is 12.3. The standard InChI is InChI=1S/C22H30N2O2S/c1-21(2,3)17-27(25,26)16-19-13-11-18(12-14-19)15-22(4,5)24-23-20-9-7-6-8-10-20/h6-14H,15-17H2,1-5H3. The summed E-state index contributed by atoms with van der Waals surface area (Å²) >= 11 is 0. The van der Waals surface area contributed by atoms with Gasteiger partial charge < -0.3 is 0 Å². The van der Waals surface area contributed by atoms with Crippen molar-refractivity contribution < 1.29 is 8.42 Å². The van der Waals surface area contributed by atoms with Gasteiger partial charge in [0.15, 0.2) is 9.84 Å². The minimum Gasteiger partial charge on any atom is -0.228 e. The zero-order valence-electron chi connectivity index (χ0n) is 16.9. The van der Waals surface area contributed by atoms with Crippen LogP contribution in [-0.2, 0) is 22.0 Å². The molecule has 2 aromatic rings. The lowest BCUT2D eigenvalue weighted by molar-refractivity contribution is 0.461. The van der Waals surface area contributed by atoms with E-state index in [9.17, 15) is 8.42 Å². The molecule has 0 saturated carbocycles. The molecule has 4 nitrogen and oxygen atoms in total. The Morgan fingerprint density at radius 1 is 0.815 bits per heavy atom. The summed E-state index contributed by atoms with van der Waals surface area (Å²) in [5.74, 6) is 0.274. The maximum Gasteiger partial charge on any atom is 0.154 e. The molecule has 0 aromatic heterocycles. The topological polar surface area (TPSA) is 58.9 Å². The largest absolute Gasteiger partial charge is 0.228 e. The molecule has 0 spiro atoms. The van der Waals surface area contributed by atoms with Crippen molar-refractivity contribution in [1.82, 2.24) is 0 Å². The van der Waals surface area contributed by atoms with Gasteiger partial charge in [0.1, 0.15) is 0 Å². The van der Waals surface area contributed by atoms with E-state index >= 15 is 0 Å². The summed E-state index contributed by atoms with van der Waals surface area (Å²) in [6.07, 6.45) is 0.734. The molecular weight excluding hydrogens is 356 g/mol. The van der Waals surface area contributed by atoms with Crippen LogP contribution in [0.1, 0.15) is 45.7 Å². The van der Waals surface area contributed by atoms with Gasteiger partial charge >= 0.3 is 0 Å². The normalized spacial score (nSPS) is 13.2. The summed E-state index contributed by atoms with van der Waals surface area (Å²) < 4.78 is 24.6. The van der Waals surface area contributed by atoms with Crippen molar-refractivity contribution in [1.29, 1.82) is 0 Å². The van der Waals surface area contributed by atoms with Gasteiger partial charge in [-0.2, -0.15) is 10.2 Å². The summed E-state index contributed by atoms with van der Waals surface area (Å²) in [5.41, 5.74) is 2.21. The maximum atomic E-state index is 12.3. The van der Waals surface area contributed by atoms with E-state index in [0.717, 1.165) is 23.2 Å². The molecule has 0 fully saturated rings. The molecule has 2 aromatic carbocycles. The van der Waals surface area contributed by atoms with E-state index in [2.05, 4.69) is 10.2 Å².